The van der Waals surface area contributed by atoms with Crippen molar-refractivity contribution in [3.63, 3.8) is 0 Å². The molecule has 0 saturated heterocycles. The van der Waals surface area contributed by atoms with Gasteiger partial charge in [0.2, 0.25) is 0 Å². The smallest absolute Gasteiger partial charge is 0.344 e. The van der Waals surface area contributed by atoms with Crippen molar-refractivity contribution in [3.8, 4) is 11.5 Å². The maximum absolute atomic E-state index is 12.2. The number of methoxy groups -OCH3 is 2. The summed E-state index contributed by atoms with van der Waals surface area (Å²) >= 11 is 0. The molecule has 0 amide bonds. The minimum absolute atomic E-state index is 0.339. The third-order valence-electron chi connectivity index (χ3n) is 6.03. The summed E-state index contributed by atoms with van der Waals surface area (Å²) in [6.45, 7) is 5.29. The van der Waals surface area contributed by atoms with E-state index in [4.69, 9.17) is 14.2 Å². The summed E-state index contributed by atoms with van der Waals surface area (Å²) in [5.41, 5.74) is 3.94. The molecule has 1 aliphatic rings. The highest BCUT2D eigenvalue weighted by molar-refractivity contribution is 6.03. The van der Waals surface area contributed by atoms with Gasteiger partial charge in [-0.15, -0.1) is 0 Å². The van der Waals surface area contributed by atoms with Gasteiger partial charge in [-0.05, 0) is 62.2 Å². The van der Waals surface area contributed by atoms with Gasteiger partial charge in [-0.25, -0.2) is 4.79 Å². The molecule has 6 nitrogen and oxygen atoms in total. The van der Waals surface area contributed by atoms with Crippen LogP contribution in [0.4, 0.5) is 5.69 Å². The van der Waals surface area contributed by atoms with Gasteiger partial charge in [0, 0.05) is 31.9 Å². The van der Waals surface area contributed by atoms with Crippen molar-refractivity contribution in [2.75, 3.05) is 46.3 Å². The number of nitrogens with zero attached hydrogens (tertiary/aromatic N) is 2. The van der Waals surface area contributed by atoms with Crippen LogP contribution in [-0.4, -0.2) is 52.3 Å². The Morgan fingerprint density at radius 1 is 0.970 bits per heavy atom. The molecule has 0 spiro atoms. The van der Waals surface area contributed by atoms with E-state index in [0.29, 0.717) is 22.8 Å². The van der Waals surface area contributed by atoms with Crippen LogP contribution in [0, 0.1) is 0 Å². The number of cyclic esters (lactones) is 1. The fourth-order valence-corrected chi connectivity index (χ4v) is 4.17. The molecule has 0 aromatic heterocycles. The van der Waals surface area contributed by atoms with Crippen LogP contribution >= 0.6 is 0 Å². The number of esters is 1. The summed E-state index contributed by atoms with van der Waals surface area (Å²) in [6.07, 6.45) is 6.20. The van der Waals surface area contributed by atoms with Gasteiger partial charge >= 0.3 is 5.97 Å². The summed E-state index contributed by atoms with van der Waals surface area (Å²) in [5.74, 6) is 1.40. The van der Waals surface area contributed by atoms with Gasteiger partial charge < -0.3 is 19.1 Å². The number of carbonyl (C=O) groups is 1. The predicted octanol–water partition coefficient (Wildman–Crippen LogP) is 5.36. The number of fused-ring (bicyclic) bond motifs is 1. The zero-order valence-corrected chi connectivity index (χ0v) is 20.5. The molecule has 0 unspecified atom stereocenters. The number of ether oxygens (including phenoxy) is 3. The first-order valence-corrected chi connectivity index (χ1v) is 11.6. The fraction of sp³-hybridized carbons (Fsp3) is 0.444. The van der Waals surface area contributed by atoms with E-state index < -0.39 is 0 Å². The molecule has 0 saturated carbocycles. The lowest BCUT2D eigenvalue weighted by molar-refractivity contribution is 0.0715. The number of benzene rings is 2. The quantitative estimate of drug-likeness (QED) is 0.319. The van der Waals surface area contributed by atoms with Crippen LogP contribution in [0.5, 0.6) is 11.5 Å². The predicted molar refractivity (Wildman–Crippen MR) is 133 cm³/mol. The number of carbonyl (C=O) groups excluding carboxylic acids is 1. The zero-order valence-electron chi connectivity index (χ0n) is 20.5. The molecule has 0 radical (unpaired) electrons. The van der Waals surface area contributed by atoms with Gasteiger partial charge in [0.15, 0.2) is 11.5 Å². The van der Waals surface area contributed by atoms with Gasteiger partial charge in [0.05, 0.1) is 19.8 Å². The third kappa shape index (κ3) is 6.08. The fourth-order valence-electron chi connectivity index (χ4n) is 4.17. The first-order valence-electron chi connectivity index (χ1n) is 11.6. The lowest BCUT2D eigenvalue weighted by atomic mass is 10.1. The van der Waals surface area contributed by atoms with E-state index in [9.17, 15) is 4.79 Å². The second kappa shape index (κ2) is 11.8. The van der Waals surface area contributed by atoms with Crippen LogP contribution in [0.25, 0.3) is 5.76 Å². The standard InChI is InChI=1S/C27H36N2O4/c1-6-29(19-20-13-10-11-14-23(20)28(2)3)16-12-8-7-9-15-24-21-17-25(31-4)26(32-5)18-22(21)27(30)33-24/h10-11,13-15,17-18H,6-9,12,16,19H2,1-5H3/b24-15+. The van der Waals surface area contributed by atoms with Crippen molar-refractivity contribution >= 4 is 17.4 Å². The molecular formula is C27H36N2O4. The molecular weight excluding hydrogens is 416 g/mol. The SMILES string of the molecule is CCN(CCCCC/C=C1/OC(=O)c2cc(OC)c(OC)cc21)Cc1ccccc1N(C)C. The number of anilines is 1. The number of allylic oxidation sites excluding steroid dienone is 1. The highest BCUT2D eigenvalue weighted by atomic mass is 16.5. The first kappa shape index (κ1) is 24.6. The van der Waals surface area contributed by atoms with E-state index in [2.05, 4.69) is 55.1 Å². The lowest BCUT2D eigenvalue weighted by Gasteiger charge is -2.24. The molecule has 1 aliphatic heterocycles. The first-order chi connectivity index (χ1) is 16.0. The summed E-state index contributed by atoms with van der Waals surface area (Å²) in [6, 6.07) is 12.1. The maximum atomic E-state index is 12.2. The zero-order chi connectivity index (χ0) is 23.8. The maximum Gasteiger partial charge on any atom is 0.344 e. The van der Waals surface area contributed by atoms with Gasteiger partial charge in [-0.2, -0.15) is 0 Å². The van der Waals surface area contributed by atoms with E-state index in [1.54, 1.807) is 20.3 Å². The van der Waals surface area contributed by atoms with Crippen LogP contribution in [0.2, 0.25) is 0 Å². The van der Waals surface area contributed by atoms with Gasteiger partial charge in [0.25, 0.3) is 0 Å². The molecule has 0 N–H and O–H groups in total. The summed E-state index contributed by atoms with van der Waals surface area (Å²) < 4.78 is 16.2. The highest BCUT2D eigenvalue weighted by Gasteiger charge is 2.28. The molecule has 0 atom stereocenters. The Labute approximate surface area is 197 Å². The Balaban J connectivity index is 1.50. The van der Waals surface area contributed by atoms with Crippen molar-refractivity contribution in [1.82, 2.24) is 4.90 Å². The second-order valence-electron chi connectivity index (χ2n) is 8.45. The van der Waals surface area contributed by atoms with Crippen molar-refractivity contribution in [2.24, 2.45) is 0 Å². The van der Waals surface area contributed by atoms with E-state index >= 15 is 0 Å². The van der Waals surface area contributed by atoms with E-state index in [-0.39, 0.29) is 5.97 Å². The van der Waals surface area contributed by atoms with Crippen molar-refractivity contribution < 1.29 is 19.0 Å². The minimum Gasteiger partial charge on any atom is -0.493 e. The van der Waals surface area contributed by atoms with E-state index in [0.717, 1.165) is 50.9 Å². The number of unbranched alkanes of at least 4 members (excludes halogenated alkanes) is 3. The summed E-state index contributed by atoms with van der Waals surface area (Å²) in [4.78, 5) is 16.9. The van der Waals surface area contributed by atoms with Crippen molar-refractivity contribution in [3.05, 3.63) is 59.2 Å². The molecule has 33 heavy (non-hydrogen) atoms. The average molecular weight is 453 g/mol. The van der Waals surface area contributed by atoms with Crippen LogP contribution < -0.4 is 14.4 Å². The molecule has 3 rings (SSSR count). The van der Waals surface area contributed by atoms with Crippen molar-refractivity contribution in [2.45, 2.75) is 39.2 Å². The average Bonchev–Trinajstić information content (AvgIpc) is 3.13. The Kier molecular flexibility index (Phi) is 8.78. The van der Waals surface area contributed by atoms with Crippen LogP contribution in [-0.2, 0) is 11.3 Å². The molecule has 178 valence electrons. The van der Waals surface area contributed by atoms with E-state index in [1.165, 1.54) is 11.3 Å². The molecule has 1 heterocycles. The van der Waals surface area contributed by atoms with Gasteiger partial charge in [-0.3, -0.25) is 4.90 Å². The number of rotatable bonds is 12. The second-order valence-corrected chi connectivity index (χ2v) is 8.45. The molecule has 2 aromatic rings. The van der Waals surface area contributed by atoms with E-state index in [1.807, 2.05) is 12.1 Å². The monoisotopic (exact) mass is 452 g/mol. The molecule has 6 heteroatoms. The molecule has 0 bridgehead atoms. The van der Waals surface area contributed by atoms with Crippen LogP contribution in [0.3, 0.4) is 0 Å². The Hall–Kier alpha value is -2.99. The highest BCUT2D eigenvalue weighted by Crippen LogP contribution is 2.38. The van der Waals surface area contributed by atoms with Crippen LogP contribution in [0.15, 0.2) is 42.5 Å². The number of hydrogen-bond acceptors (Lipinski definition) is 6. The van der Waals surface area contributed by atoms with Gasteiger partial charge in [0.1, 0.15) is 5.76 Å². The largest absolute Gasteiger partial charge is 0.493 e. The normalized spacial score (nSPS) is 13.9. The third-order valence-corrected chi connectivity index (χ3v) is 6.03. The molecule has 2 aromatic carbocycles. The Bertz CT molecular complexity index is 984. The van der Waals surface area contributed by atoms with Gasteiger partial charge in [-0.1, -0.05) is 31.5 Å². The molecule has 0 fully saturated rings. The van der Waals surface area contributed by atoms with Crippen LogP contribution in [0.1, 0.15) is 54.1 Å². The molecule has 0 aliphatic carbocycles. The summed E-state index contributed by atoms with van der Waals surface area (Å²) in [5, 5.41) is 0. The number of para-hydroxylation sites is 1. The topological polar surface area (TPSA) is 51.2 Å². The van der Waals surface area contributed by atoms with Crippen molar-refractivity contribution in [1.29, 1.82) is 0 Å². The summed E-state index contributed by atoms with van der Waals surface area (Å²) in [7, 11) is 7.33. The Morgan fingerprint density at radius 2 is 1.67 bits per heavy atom. The number of hydrogen-bond donors (Lipinski definition) is 0. The Morgan fingerprint density at radius 3 is 2.33 bits per heavy atom. The minimum atomic E-state index is -0.339. The lowest BCUT2D eigenvalue weighted by Crippen LogP contribution is -2.25.